The minimum absolute atomic E-state index is 0.495. The van der Waals surface area contributed by atoms with Gasteiger partial charge in [-0.3, -0.25) is 4.79 Å². The van der Waals surface area contributed by atoms with Gasteiger partial charge in [-0.25, -0.2) is 0 Å². The van der Waals surface area contributed by atoms with Crippen LogP contribution in [0.2, 0.25) is 0 Å². The molecule has 1 aliphatic carbocycles. The van der Waals surface area contributed by atoms with E-state index in [9.17, 15) is 4.79 Å². The Kier molecular flexibility index (Phi) is 1.71. The summed E-state index contributed by atoms with van der Waals surface area (Å²) in [5, 5.41) is 17.4. The number of carboxylic acids is 1. The number of hydrogen-bond acceptors (Lipinski definition) is 2. The lowest BCUT2D eigenvalue weighted by Crippen LogP contribution is -2.21. The number of carboxylic acid groups (broad SMARTS) is 1. The smallest absolute Gasteiger partial charge is 0.309 e. The Morgan fingerprint density at radius 3 is 2.33 bits per heavy atom. The predicted octanol–water partition coefficient (Wildman–Crippen LogP) is 0.232. The van der Waals surface area contributed by atoms with E-state index in [0.29, 0.717) is 12.8 Å². The van der Waals surface area contributed by atoms with Gasteiger partial charge in [0.1, 0.15) is 0 Å². The van der Waals surface area contributed by atoms with Crippen molar-refractivity contribution in [2.45, 2.75) is 25.4 Å². The van der Waals surface area contributed by atoms with Gasteiger partial charge in [0.05, 0.1) is 12.0 Å². The van der Waals surface area contributed by atoms with Crippen LogP contribution in [-0.2, 0) is 4.79 Å². The lowest BCUT2D eigenvalue weighted by Gasteiger charge is -2.06. The van der Waals surface area contributed by atoms with E-state index in [1.165, 1.54) is 0 Å². The largest absolute Gasteiger partial charge is 0.481 e. The molecule has 0 heterocycles. The molecule has 9 heavy (non-hydrogen) atoms. The van der Waals surface area contributed by atoms with E-state index in [2.05, 4.69) is 0 Å². The quantitative estimate of drug-likeness (QED) is 0.534. The molecule has 2 unspecified atom stereocenters. The number of rotatable bonds is 1. The van der Waals surface area contributed by atoms with Crippen molar-refractivity contribution in [3.05, 3.63) is 0 Å². The average molecular weight is 130 g/mol. The van der Waals surface area contributed by atoms with Crippen LogP contribution in [0.5, 0.6) is 0 Å². The summed E-state index contributed by atoms with van der Waals surface area (Å²) in [7, 11) is 0. The van der Waals surface area contributed by atoms with Gasteiger partial charge in [0.15, 0.2) is 0 Å². The van der Waals surface area contributed by atoms with Crippen molar-refractivity contribution in [1.82, 2.24) is 0 Å². The average Bonchev–Trinajstić information content (AvgIpc) is 2.13. The van der Waals surface area contributed by atoms with E-state index in [1.54, 1.807) is 0 Å². The van der Waals surface area contributed by atoms with Crippen LogP contribution in [-0.4, -0.2) is 22.3 Å². The van der Waals surface area contributed by atoms with Gasteiger partial charge in [-0.05, 0) is 19.3 Å². The number of carbonyl (C=O) groups is 1. The van der Waals surface area contributed by atoms with Crippen molar-refractivity contribution in [1.29, 1.82) is 0 Å². The summed E-state index contributed by atoms with van der Waals surface area (Å²) in [6.45, 7) is 0. The lowest BCUT2D eigenvalue weighted by atomic mass is 10.1. The van der Waals surface area contributed by atoms with Crippen LogP contribution >= 0.6 is 0 Å². The standard InChI is InChI=1S/C6H10O3/c7-5-3-1-2-4(5)6(8)9/h4-5,7H,1-3H2,(H,8,9). The van der Waals surface area contributed by atoms with Crippen LogP contribution in [0.4, 0.5) is 0 Å². The topological polar surface area (TPSA) is 57.5 Å². The van der Waals surface area contributed by atoms with Gasteiger partial charge < -0.3 is 10.2 Å². The van der Waals surface area contributed by atoms with E-state index in [-0.39, 0.29) is 0 Å². The monoisotopic (exact) mass is 130 g/mol. The summed E-state index contributed by atoms with van der Waals surface area (Å²) in [6, 6.07) is 0. The molecule has 1 aliphatic rings. The third kappa shape index (κ3) is 1.21. The molecule has 2 atom stereocenters. The first kappa shape index (κ1) is 6.55. The molecular formula is C6H10O3. The first-order valence-electron chi connectivity index (χ1n) is 3.12. The Balaban J connectivity index is 2.49. The SMILES string of the molecule is O=C(O)C1CCCC1O. The predicted molar refractivity (Wildman–Crippen MR) is 31.0 cm³/mol. The first-order chi connectivity index (χ1) is 4.22. The highest BCUT2D eigenvalue weighted by Crippen LogP contribution is 2.25. The zero-order valence-electron chi connectivity index (χ0n) is 5.08. The fourth-order valence-corrected chi connectivity index (χ4v) is 1.23. The van der Waals surface area contributed by atoms with Crippen LogP contribution in [0.25, 0.3) is 0 Å². The van der Waals surface area contributed by atoms with Crippen LogP contribution in [0.1, 0.15) is 19.3 Å². The lowest BCUT2D eigenvalue weighted by molar-refractivity contribution is -0.144. The molecule has 3 nitrogen and oxygen atoms in total. The number of aliphatic hydroxyl groups is 1. The molecule has 2 N–H and O–H groups in total. The van der Waals surface area contributed by atoms with Crippen LogP contribution in [0, 0.1) is 5.92 Å². The molecule has 0 aliphatic heterocycles. The summed E-state index contributed by atoms with van der Waals surface area (Å²) in [4.78, 5) is 10.3. The normalized spacial score (nSPS) is 34.8. The minimum atomic E-state index is -0.861. The summed E-state index contributed by atoms with van der Waals surface area (Å²) >= 11 is 0. The molecule has 0 bridgehead atoms. The molecule has 0 aromatic carbocycles. The van der Waals surface area contributed by atoms with Crippen molar-refractivity contribution in [2.24, 2.45) is 5.92 Å². The van der Waals surface area contributed by atoms with Gasteiger partial charge in [0, 0.05) is 0 Å². The van der Waals surface area contributed by atoms with Crippen LogP contribution < -0.4 is 0 Å². The second-order valence-electron chi connectivity index (χ2n) is 2.44. The highest BCUT2D eigenvalue weighted by molar-refractivity contribution is 5.71. The second kappa shape index (κ2) is 2.35. The van der Waals surface area contributed by atoms with Crippen molar-refractivity contribution >= 4 is 5.97 Å². The number of aliphatic carboxylic acids is 1. The summed E-state index contributed by atoms with van der Waals surface area (Å²) in [6.07, 6.45) is 1.54. The van der Waals surface area contributed by atoms with Gasteiger partial charge >= 0.3 is 5.97 Å². The zero-order valence-corrected chi connectivity index (χ0v) is 5.08. The summed E-state index contributed by atoms with van der Waals surface area (Å²) < 4.78 is 0. The molecule has 0 aromatic rings. The molecule has 1 rings (SSSR count). The molecule has 1 saturated carbocycles. The fraction of sp³-hybridized carbons (Fsp3) is 0.833. The summed E-state index contributed by atoms with van der Waals surface area (Å²) in [5.74, 6) is -1.36. The molecule has 0 amide bonds. The molecule has 1 fully saturated rings. The highest BCUT2D eigenvalue weighted by atomic mass is 16.4. The third-order valence-corrected chi connectivity index (χ3v) is 1.80. The Hall–Kier alpha value is -0.570. The Morgan fingerprint density at radius 2 is 2.11 bits per heavy atom. The summed E-state index contributed by atoms with van der Waals surface area (Å²) in [5.41, 5.74) is 0. The zero-order chi connectivity index (χ0) is 6.85. The van der Waals surface area contributed by atoms with Gasteiger partial charge in [0.25, 0.3) is 0 Å². The maximum Gasteiger partial charge on any atom is 0.309 e. The Morgan fingerprint density at radius 1 is 1.44 bits per heavy atom. The fourth-order valence-electron chi connectivity index (χ4n) is 1.23. The number of hydrogen-bond donors (Lipinski definition) is 2. The molecule has 0 aromatic heterocycles. The molecule has 0 radical (unpaired) electrons. The molecule has 52 valence electrons. The van der Waals surface area contributed by atoms with E-state index in [0.717, 1.165) is 6.42 Å². The van der Waals surface area contributed by atoms with E-state index in [1.807, 2.05) is 0 Å². The Bertz CT molecular complexity index is 121. The van der Waals surface area contributed by atoms with Crippen molar-refractivity contribution in [2.75, 3.05) is 0 Å². The van der Waals surface area contributed by atoms with Gasteiger partial charge in [-0.1, -0.05) is 0 Å². The van der Waals surface area contributed by atoms with E-state index >= 15 is 0 Å². The van der Waals surface area contributed by atoms with Crippen molar-refractivity contribution in [3.63, 3.8) is 0 Å². The molecule has 0 spiro atoms. The van der Waals surface area contributed by atoms with Crippen LogP contribution in [0.15, 0.2) is 0 Å². The maximum atomic E-state index is 10.3. The van der Waals surface area contributed by atoms with Crippen LogP contribution in [0.3, 0.4) is 0 Å². The van der Waals surface area contributed by atoms with E-state index < -0.39 is 18.0 Å². The van der Waals surface area contributed by atoms with Gasteiger partial charge in [-0.2, -0.15) is 0 Å². The van der Waals surface area contributed by atoms with Gasteiger partial charge in [0.2, 0.25) is 0 Å². The van der Waals surface area contributed by atoms with Gasteiger partial charge in [-0.15, -0.1) is 0 Å². The van der Waals surface area contributed by atoms with Crippen molar-refractivity contribution < 1.29 is 15.0 Å². The Labute approximate surface area is 53.3 Å². The third-order valence-electron chi connectivity index (χ3n) is 1.80. The molecule has 0 saturated heterocycles. The first-order valence-corrected chi connectivity index (χ1v) is 3.12. The minimum Gasteiger partial charge on any atom is -0.481 e. The molecule has 3 heteroatoms. The van der Waals surface area contributed by atoms with Crippen molar-refractivity contribution in [3.8, 4) is 0 Å². The van der Waals surface area contributed by atoms with E-state index in [4.69, 9.17) is 10.2 Å². The molecular weight excluding hydrogens is 120 g/mol. The highest BCUT2D eigenvalue weighted by Gasteiger charge is 2.30. The number of aliphatic hydroxyl groups excluding tert-OH is 1. The second-order valence-corrected chi connectivity index (χ2v) is 2.44. The maximum absolute atomic E-state index is 10.3.